The molecule has 5 heteroatoms. The minimum Gasteiger partial charge on any atom is -0.478 e. The fraction of sp³-hybridized carbons (Fsp3) is 0.200. The maximum absolute atomic E-state index is 12.8. The van der Waals surface area contributed by atoms with Gasteiger partial charge in [0.25, 0.3) is 0 Å². The van der Waals surface area contributed by atoms with Gasteiger partial charge in [0, 0.05) is 6.42 Å². The molecule has 4 nitrogen and oxygen atoms in total. The first kappa shape index (κ1) is 11.2. The van der Waals surface area contributed by atoms with Gasteiger partial charge in [0.2, 0.25) is 5.91 Å². The molecule has 0 aliphatic heterocycles. The van der Waals surface area contributed by atoms with Crippen LogP contribution in [0, 0.1) is 5.82 Å². The molecule has 0 heterocycles. The molecule has 0 aliphatic rings. The molecule has 1 aromatic rings. The van der Waals surface area contributed by atoms with Crippen molar-refractivity contribution in [2.75, 3.05) is 5.32 Å². The molecule has 1 amide bonds. The van der Waals surface area contributed by atoms with Gasteiger partial charge in [0.15, 0.2) is 0 Å². The number of carbonyl (C=O) groups excluding carboxylic acids is 1. The van der Waals surface area contributed by atoms with Gasteiger partial charge < -0.3 is 10.4 Å². The van der Waals surface area contributed by atoms with Gasteiger partial charge in [-0.15, -0.1) is 0 Å². The van der Waals surface area contributed by atoms with Crippen molar-refractivity contribution in [2.45, 2.75) is 13.3 Å². The normalized spacial score (nSPS) is 9.73. The summed E-state index contributed by atoms with van der Waals surface area (Å²) >= 11 is 0. The summed E-state index contributed by atoms with van der Waals surface area (Å²) in [5, 5.41) is 11.1. The van der Waals surface area contributed by atoms with E-state index in [9.17, 15) is 14.0 Å². The topological polar surface area (TPSA) is 66.4 Å². The molecule has 0 radical (unpaired) electrons. The molecule has 0 aliphatic carbocycles. The summed E-state index contributed by atoms with van der Waals surface area (Å²) in [7, 11) is 0. The molecule has 0 atom stereocenters. The Morgan fingerprint density at radius 1 is 1.47 bits per heavy atom. The molecule has 0 unspecified atom stereocenters. The molecular formula is C10H10FNO3. The Hall–Kier alpha value is -1.91. The van der Waals surface area contributed by atoms with E-state index >= 15 is 0 Å². The predicted octanol–water partition coefficient (Wildman–Crippen LogP) is 1.87. The van der Waals surface area contributed by atoms with Crippen molar-refractivity contribution in [3.8, 4) is 0 Å². The standard InChI is InChI=1S/C10H10FNO3/c1-2-9(13)12-8-4-3-6(11)5-7(8)10(14)15/h3-5H,2H2,1H3,(H,12,13)(H,14,15). The number of halogens is 1. The molecule has 15 heavy (non-hydrogen) atoms. The number of rotatable bonds is 3. The van der Waals surface area contributed by atoms with Gasteiger partial charge in [0.05, 0.1) is 11.3 Å². The zero-order chi connectivity index (χ0) is 11.4. The summed E-state index contributed by atoms with van der Waals surface area (Å²) in [6.45, 7) is 1.64. The number of hydrogen-bond acceptors (Lipinski definition) is 2. The van der Waals surface area contributed by atoms with Crippen molar-refractivity contribution < 1.29 is 19.1 Å². The number of carboxylic acids is 1. The monoisotopic (exact) mass is 211 g/mol. The highest BCUT2D eigenvalue weighted by Crippen LogP contribution is 2.17. The van der Waals surface area contributed by atoms with Crippen molar-refractivity contribution in [1.82, 2.24) is 0 Å². The van der Waals surface area contributed by atoms with Crippen LogP contribution in [0.4, 0.5) is 10.1 Å². The molecule has 0 aromatic heterocycles. The molecule has 0 saturated carbocycles. The van der Waals surface area contributed by atoms with Gasteiger partial charge in [0.1, 0.15) is 5.82 Å². The van der Waals surface area contributed by atoms with E-state index < -0.39 is 11.8 Å². The average Bonchev–Trinajstić information content (AvgIpc) is 2.20. The van der Waals surface area contributed by atoms with Crippen molar-refractivity contribution >= 4 is 17.6 Å². The quantitative estimate of drug-likeness (QED) is 0.802. The van der Waals surface area contributed by atoms with E-state index in [1.54, 1.807) is 6.92 Å². The summed E-state index contributed by atoms with van der Waals surface area (Å²) < 4.78 is 12.8. The lowest BCUT2D eigenvalue weighted by molar-refractivity contribution is -0.115. The van der Waals surface area contributed by atoms with Gasteiger partial charge in [-0.1, -0.05) is 6.92 Å². The van der Waals surface area contributed by atoms with Crippen LogP contribution < -0.4 is 5.32 Å². The maximum Gasteiger partial charge on any atom is 0.337 e. The Bertz CT molecular complexity index is 404. The number of aromatic carboxylic acids is 1. The first-order valence-corrected chi connectivity index (χ1v) is 4.37. The fourth-order valence-corrected chi connectivity index (χ4v) is 1.04. The molecule has 80 valence electrons. The SMILES string of the molecule is CCC(=O)Nc1ccc(F)cc1C(=O)O. The molecule has 2 N–H and O–H groups in total. The minimum absolute atomic E-state index is 0.107. The number of carbonyl (C=O) groups is 2. The van der Waals surface area contributed by atoms with E-state index in [1.165, 1.54) is 6.07 Å². The van der Waals surface area contributed by atoms with Crippen molar-refractivity contribution in [2.24, 2.45) is 0 Å². The lowest BCUT2D eigenvalue weighted by atomic mass is 10.1. The smallest absolute Gasteiger partial charge is 0.337 e. The fourth-order valence-electron chi connectivity index (χ4n) is 1.04. The summed E-state index contributed by atoms with van der Waals surface area (Å²) in [4.78, 5) is 21.8. The van der Waals surface area contributed by atoms with Gasteiger partial charge in [-0.3, -0.25) is 4.79 Å². The summed E-state index contributed by atoms with van der Waals surface area (Å²) in [6, 6.07) is 3.19. The van der Waals surface area contributed by atoms with Crippen LogP contribution in [0.2, 0.25) is 0 Å². The van der Waals surface area contributed by atoms with Crippen molar-refractivity contribution in [1.29, 1.82) is 0 Å². The van der Waals surface area contributed by atoms with Gasteiger partial charge in [-0.05, 0) is 18.2 Å². The molecular weight excluding hydrogens is 201 g/mol. The van der Waals surface area contributed by atoms with E-state index in [4.69, 9.17) is 5.11 Å². The van der Waals surface area contributed by atoms with E-state index in [-0.39, 0.29) is 23.6 Å². The van der Waals surface area contributed by atoms with Gasteiger partial charge in [-0.25, -0.2) is 9.18 Å². The lowest BCUT2D eigenvalue weighted by Crippen LogP contribution is -2.13. The highest BCUT2D eigenvalue weighted by Gasteiger charge is 2.12. The van der Waals surface area contributed by atoms with Crippen molar-refractivity contribution in [3.05, 3.63) is 29.6 Å². The Labute approximate surface area is 85.7 Å². The second-order valence-electron chi connectivity index (χ2n) is 2.90. The Morgan fingerprint density at radius 3 is 2.67 bits per heavy atom. The summed E-state index contributed by atoms with van der Waals surface area (Å²) in [5.41, 5.74) is -0.146. The molecule has 0 bridgehead atoms. The van der Waals surface area contributed by atoms with Crippen LogP contribution in [0.5, 0.6) is 0 Å². The van der Waals surface area contributed by atoms with E-state index in [0.717, 1.165) is 12.1 Å². The summed E-state index contributed by atoms with van der Waals surface area (Å²) in [5.74, 6) is -2.24. The second kappa shape index (κ2) is 4.54. The number of carboxylic acid groups (broad SMARTS) is 1. The number of hydrogen-bond donors (Lipinski definition) is 2. The maximum atomic E-state index is 12.8. The first-order chi connectivity index (χ1) is 7.04. The van der Waals surface area contributed by atoms with Crippen LogP contribution in [0.25, 0.3) is 0 Å². The van der Waals surface area contributed by atoms with Crippen LogP contribution in [0.1, 0.15) is 23.7 Å². The van der Waals surface area contributed by atoms with Crippen LogP contribution in [0.3, 0.4) is 0 Å². The minimum atomic E-state index is -1.28. The van der Waals surface area contributed by atoms with Crippen molar-refractivity contribution in [3.63, 3.8) is 0 Å². The third kappa shape index (κ3) is 2.77. The van der Waals surface area contributed by atoms with Crippen LogP contribution in [-0.2, 0) is 4.79 Å². The Kier molecular flexibility index (Phi) is 3.38. The molecule has 1 rings (SSSR count). The highest BCUT2D eigenvalue weighted by atomic mass is 19.1. The number of benzene rings is 1. The third-order valence-corrected chi connectivity index (χ3v) is 1.81. The highest BCUT2D eigenvalue weighted by molar-refractivity contribution is 6.00. The summed E-state index contributed by atoms with van der Waals surface area (Å²) in [6.07, 6.45) is 0.233. The number of anilines is 1. The van der Waals surface area contributed by atoms with E-state index in [2.05, 4.69) is 5.32 Å². The molecule has 0 saturated heterocycles. The molecule has 0 fully saturated rings. The first-order valence-electron chi connectivity index (χ1n) is 4.37. The lowest BCUT2D eigenvalue weighted by Gasteiger charge is -2.06. The van der Waals surface area contributed by atoms with Crippen LogP contribution in [0.15, 0.2) is 18.2 Å². The largest absolute Gasteiger partial charge is 0.478 e. The van der Waals surface area contributed by atoms with E-state index in [1.807, 2.05) is 0 Å². The van der Waals surface area contributed by atoms with Gasteiger partial charge in [-0.2, -0.15) is 0 Å². The van der Waals surface area contributed by atoms with E-state index in [0.29, 0.717) is 0 Å². The molecule has 1 aromatic carbocycles. The van der Waals surface area contributed by atoms with Gasteiger partial charge >= 0.3 is 5.97 Å². The number of nitrogens with one attached hydrogen (secondary N) is 1. The zero-order valence-electron chi connectivity index (χ0n) is 8.08. The Morgan fingerprint density at radius 2 is 2.13 bits per heavy atom. The Balaban J connectivity index is 3.06. The second-order valence-corrected chi connectivity index (χ2v) is 2.90. The number of amides is 1. The van der Waals surface area contributed by atoms with Crippen LogP contribution >= 0.6 is 0 Å². The predicted molar refractivity (Wildman–Crippen MR) is 52.3 cm³/mol. The average molecular weight is 211 g/mol. The third-order valence-electron chi connectivity index (χ3n) is 1.81. The molecule has 0 spiro atoms. The zero-order valence-corrected chi connectivity index (χ0v) is 8.08. The van der Waals surface area contributed by atoms with Crippen LogP contribution in [-0.4, -0.2) is 17.0 Å².